The molecule has 1 N–H and O–H groups in total. The Balaban J connectivity index is 1.70. The van der Waals surface area contributed by atoms with E-state index in [-0.39, 0.29) is 0 Å². The van der Waals surface area contributed by atoms with Gasteiger partial charge in [0.05, 0.1) is 23.0 Å². The Morgan fingerprint density at radius 1 is 1.26 bits per heavy atom. The highest BCUT2D eigenvalue weighted by molar-refractivity contribution is 7.99. The number of hydrogen-bond acceptors (Lipinski definition) is 3. The summed E-state index contributed by atoms with van der Waals surface area (Å²) in [6, 6.07) is 13.1. The topological polar surface area (TPSA) is 60.0 Å². The first-order valence-corrected chi connectivity index (χ1v) is 11.6. The molecule has 4 aromatic rings. The third-order valence-electron chi connectivity index (χ3n) is 5.51. The lowest BCUT2D eigenvalue weighted by Gasteiger charge is -2.10. The van der Waals surface area contributed by atoms with Gasteiger partial charge in [-0.1, -0.05) is 42.4 Å². The molecule has 158 valence electrons. The van der Waals surface area contributed by atoms with Crippen LogP contribution >= 0.6 is 23.4 Å². The Morgan fingerprint density at radius 3 is 2.84 bits per heavy atom. The molecule has 2 aromatic carbocycles. The van der Waals surface area contributed by atoms with Crippen LogP contribution in [0.4, 0.5) is 0 Å². The van der Waals surface area contributed by atoms with Gasteiger partial charge in [0.2, 0.25) is 0 Å². The summed E-state index contributed by atoms with van der Waals surface area (Å²) in [6.45, 7) is 3.02. The predicted octanol–water partition coefficient (Wildman–Crippen LogP) is 6.62. The minimum atomic E-state index is -0.914. The number of aromatic nitrogens is 3. The maximum atomic E-state index is 11.4. The maximum Gasteiger partial charge on any atom is 0.335 e. The summed E-state index contributed by atoms with van der Waals surface area (Å²) in [7, 11) is 0. The molecule has 0 aliphatic heterocycles. The largest absolute Gasteiger partial charge is 0.478 e. The van der Waals surface area contributed by atoms with Crippen molar-refractivity contribution < 1.29 is 9.90 Å². The number of halogens is 1. The van der Waals surface area contributed by atoms with Crippen molar-refractivity contribution in [3.8, 4) is 5.69 Å². The lowest BCUT2D eigenvalue weighted by Crippen LogP contribution is -2.00. The first-order valence-electron chi connectivity index (χ1n) is 10.4. The van der Waals surface area contributed by atoms with Gasteiger partial charge in [-0.05, 0) is 49.6 Å². The molecular formula is C24H22ClN3O2S. The molecule has 1 aliphatic carbocycles. The minimum absolute atomic E-state index is 0.297. The van der Waals surface area contributed by atoms with Crippen molar-refractivity contribution in [3.63, 3.8) is 0 Å². The number of fused-ring (bicyclic) bond motifs is 1. The third-order valence-corrected chi connectivity index (χ3v) is 6.87. The van der Waals surface area contributed by atoms with Crippen molar-refractivity contribution in [2.45, 2.75) is 48.4 Å². The third kappa shape index (κ3) is 3.86. The molecule has 5 rings (SSSR count). The van der Waals surface area contributed by atoms with Crippen LogP contribution in [0.25, 0.3) is 16.6 Å². The van der Waals surface area contributed by atoms with Gasteiger partial charge >= 0.3 is 5.97 Å². The maximum absolute atomic E-state index is 11.4. The zero-order valence-corrected chi connectivity index (χ0v) is 18.7. The Hall–Kier alpha value is -2.70. The van der Waals surface area contributed by atoms with E-state index in [1.165, 1.54) is 10.6 Å². The van der Waals surface area contributed by atoms with E-state index in [0.717, 1.165) is 47.3 Å². The van der Waals surface area contributed by atoms with E-state index in [0.29, 0.717) is 16.5 Å². The summed E-state index contributed by atoms with van der Waals surface area (Å²) in [5, 5.41) is 15.8. The molecule has 0 atom stereocenters. The Kier molecular flexibility index (Phi) is 5.28. The van der Waals surface area contributed by atoms with Crippen LogP contribution < -0.4 is 0 Å². The Morgan fingerprint density at radius 2 is 2.10 bits per heavy atom. The van der Waals surface area contributed by atoms with Gasteiger partial charge in [-0.15, -0.1) is 0 Å². The van der Waals surface area contributed by atoms with E-state index in [2.05, 4.69) is 28.9 Å². The quantitative estimate of drug-likeness (QED) is 0.343. The molecule has 2 heterocycles. The summed E-state index contributed by atoms with van der Waals surface area (Å²) in [4.78, 5) is 13.5. The van der Waals surface area contributed by atoms with Crippen LogP contribution in [0.5, 0.6) is 0 Å². The van der Waals surface area contributed by atoms with Crippen LogP contribution in [0.1, 0.15) is 48.2 Å². The standard InChI is InChI=1S/C24H22ClN3O2S/c1-2-10-27-14-18(13-26-27)28-21-12-17(25)8-9-20(21)23(22(28)15-6-7-15)31-19-5-3-4-16(11-19)24(29)30/h3-5,8-9,11-15H,2,6-7,10H2,1H3,(H,29,30). The summed E-state index contributed by atoms with van der Waals surface area (Å²) >= 11 is 8.03. The molecule has 1 saturated carbocycles. The number of carboxylic acid groups (broad SMARTS) is 1. The number of rotatable bonds is 7. The smallest absolute Gasteiger partial charge is 0.335 e. The molecule has 1 aliphatic rings. The molecule has 2 aromatic heterocycles. The number of aryl methyl sites for hydroxylation is 1. The highest BCUT2D eigenvalue weighted by Gasteiger charge is 2.33. The van der Waals surface area contributed by atoms with Crippen LogP contribution in [0.2, 0.25) is 5.02 Å². The van der Waals surface area contributed by atoms with Crippen molar-refractivity contribution in [1.29, 1.82) is 0 Å². The molecular weight excluding hydrogens is 430 g/mol. The van der Waals surface area contributed by atoms with Gasteiger partial charge in [-0.25, -0.2) is 4.79 Å². The van der Waals surface area contributed by atoms with Gasteiger partial charge in [0.25, 0.3) is 0 Å². The van der Waals surface area contributed by atoms with E-state index >= 15 is 0 Å². The molecule has 0 saturated heterocycles. The summed E-state index contributed by atoms with van der Waals surface area (Å²) in [5.41, 5.74) is 3.65. The molecule has 0 unspecified atom stereocenters. The summed E-state index contributed by atoms with van der Waals surface area (Å²) < 4.78 is 4.27. The van der Waals surface area contributed by atoms with Crippen molar-refractivity contribution >= 4 is 40.2 Å². The van der Waals surface area contributed by atoms with E-state index in [1.54, 1.807) is 30.0 Å². The fraction of sp³-hybridized carbons (Fsp3) is 0.250. The van der Waals surface area contributed by atoms with Gasteiger partial charge < -0.3 is 9.67 Å². The van der Waals surface area contributed by atoms with Crippen LogP contribution in [0.3, 0.4) is 0 Å². The van der Waals surface area contributed by atoms with Crippen molar-refractivity contribution in [2.75, 3.05) is 0 Å². The number of carboxylic acids is 1. The van der Waals surface area contributed by atoms with E-state index in [9.17, 15) is 9.90 Å². The van der Waals surface area contributed by atoms with E-state index in [1.807, 2.05) is 29.1 Å². The summed E-state index contributed by atoms with van der Waals surface area (Å²) in [6.07, 6.45) is 7.33. The van der Waals surface area contributed by atoms with Gasteiger partial charge in [0.15, 0.2) is 0 Å². The molecule has 0 amide bonds. The van der Waals surface area contributed by atoms with Crippen molar-refractivity contribution in [3.05, 3.63) is 71.1 Å². The van der Waals surface area contributed by atoms with Crippen molar-refractivity contribution in [2.24, 2.45) is 0 Å². The van der Waals surface area contributed by atoms with Crippen LogP contribution in [0.15, 0.2) is 64.6 Å². The molecule has 7 heteroatoms. The second kappa shape index (κ2) is 8.09. The molecule has 1 fully saturated rings. The first kappa shape index (κ1) is 20.2. The number of benzene rings is 2. The molecule has 31 heavy (non-hydrogen) atoms. The molecule has 0 spiro atoms. The van der Waals surface area contributed by atoms with E-state index in [4.69, 9.17) is 11.6 Å². The minimum Gasteiger partial charge on any atom is -0.478 e. The molecule has 0 radical (unpaired) electrons. The second-order valence-corrected chi connectivity index (χ2v) is 9.40. The SMILES string of the molecule is CCCn1cc(-n2c(C3CC3)c(Sc3cccc(C(=O)O)c3)c3ccc(Cl)cc32)cn1. The summed E-state index contributed by atoms with van der Waals surface area (Å²) in [5.74, 6) is -0.437. The molecule has 0 bridgehead atoms. The Bertz CT molecular complexity index is 1290. The average Bonchev–Trinajstić information content (AvgIpc) is 3.41. The highest BCUT2D eigenvalue weighted by Crippen LogP contribution is 2.50. The van der Waals surface area contributed by atoms with Crippen molar-refractivity contribution in [1.82, 2.24) is 14.3 Å². The van der Waals surface area contributed by atoms with Gasteiger partial charge in [0, 0.05) is 44.6 Å². The molecule has 5 nitrogen and oxygen atoms in total. The fourth-order valence-corrected chi connectivity index (χ4v) is 5.37. The number of hydrogen-bond donors (Lipinski definition) is 1. The zero-order valence-electron chi connectivity index (χ0n) is 17.1. The number of aromatic carboxylic acids is 1. The zero-order chi connectivity index (χ0) is 21.5. The second-order valence-electron chi connectivity index (χ2n) is 7.88. The number of nitrogens with zero attached hydrogens (tertiary/aromatic N) is 3. The van der Waals surface area contributed by atoms with Gasteiger partial charge in [-0.2, -0.15) is 5.10 Å². The lowest BCUT2D eigenvalue weighted by atomic mass is 10.2. The normalized spacial score (nSPS) is 13.7. The fourth-order valence-electron chi connectivity index (χ4n) is 3.99. The van der Waals surface area contributed by atoms with Crippen LogP contribution in [-0.2, 0) is 6.54 Å². The predicted molar refractivity (Wildman–Crippen MR) is 124 cm³/mol. The first-order chi connectivity index (χ1) is 15.0. The highest BCUT2D eigenvalue weighted by atomic mass is 35.5. The number of carbonyl (C=O) groups is 1. The van der Waals surface area contributed by atoms with Crippen LogP contribution in [0, 0.1) is 0 Å². The van der Waals surface area contributed by atoms with E-state index < -0.39 is 5.97 Å². The average molecular weight is 452 g/mol. The van der Waals surface area contributed by atoms with Gasteiger partial charge in [0.1, 0.15) is 0 Å². The lowest BCUT2D eigenvalue weighted by molar-refractivity contribution is 0.0696. The van der Waals surface area contributed by atoms with Crippen LogP contribution in [-0.4, -0.2) is 25.4 Å². The van der Waals surface area contributed by atoms with Gasteiger partial charge in [-0.3, -0.25) is 4.68 Å². The monoisotopic (exact) mass is 451 g/mol. The Labute approximate surface area is 189 Å².